The number of carbonyl (C=O) groups excluding carboxylic acids is 4. The van der Waals surface area contributed by atoms with E-state index in [-0.39, 0.29) is 42.6 Å². The molecule has 0 aliphatic carbocycles. The van der Waals surface area contributed by atoms with Gasteiger partial charge in [-0.1, -0.05) is 38.1 Å². The van der Waals surface area contributed by atoms with Gasteiger partial charge in [-0.25, -0.2) is 0 Å². The van der Waals surface area contributed by atoms with Crippen LogP contribution in [0.4, 0.5) is 0 Å². The Morgan fingerprint density at radius 1 is 1.03 bits per heavy atom. The molecule has 0 radical (unpaired) electrons. The molecule has 5 rings (SSSR count). The van der Waals surface area contributed by atoms with Crippen LogP contribution in [0.15, 0.2) is 42.5 Å². The van der Waals surface area contributed by atoms with Crippen LogP contribution in [0.2, 0.25) is 0 Å². The van der Waals surface area contributed by atoms with Crippen molar-refractivity contribution in [1.29, 1.82) is 0 Å². The fourth-order valence-corrected chi connectivity index (χ4v) is 5.42. The van der Waals surface area contributed by atoms with E-state index < -0.39 is 11.9 Å². The lowest BCUT2D eigenvalue weighted by Crippen LogP contribution is -2.52. The van der Waals surface area contributed by atoms with Crippen LogP contribution in [0.5, 0.6) is 0 Å². The summed E-state index contributed by atoms with van der Waals surface area (Å²) in [6.07, 6.45) is 1.35. The fraction of sp³-hybridized carbons (Fsp3) is 0.385. The molecule has 0 saturated carbocycles. The van der Waals surface area contributed by atoms with Gasteiger partial charge in [-0.2, -0.15) is 0 Å². The average molecular weight is 446 g/mol. The van der Waals surface area contributed by atoms with Crippen LogP contribution in [0.3, 0.4) is 0 Å². The number of amides is 4. The van der Waals surface area contributed by atoms with E-state index in [4.69, 9.17) is 0 Å². The predicted octanol–water partition coefficient (Wildman–Crippen LogP) is 2.84. The number of nitrogens with one attached hydrogen (secondary N) is 1. The molecule has 3 aliphatic rings. The molecule has 1 N–H and O–H groups in total. The van der Waals surface area contributed by atoms with Gasteiger partial charge in [-0.15, -0.1) is 0 Å². The quantitative estimate of drug-likeness (QED) is 0.736. The van der Waals surface area contributed by atoms with Crippen molar-refractivity contribution in [2.24, 2.45) is 5.92 Å². The van der Waals surface area contributed by atoms with E-state index >= 15 is 0 Å². The summed E-state index contributed by atoms with van der Waals surface area (Å²) in [5.41, 5.74) is 4.30. The molecule has 2 aromatic carbocycles. The first-order valence-electron chi connectivity index (χ1n) is 11.5. The molecule has 2 aromatic rings. The van der Waals surface area contributed by atoms with Crippen LogP contribution in [-0.4, -0.2) is 46.0 Å². The molecule has 7 heteroatoms. The maximum absolute atomic E-state index is 13.6. The van der Waals surface area contributed by atoms with Crippen molar-refractivity contribution in [1.82, 2.24) is 15.1 Å². The highest BCUT2D eigenvalue weighted by Crippen LogP contribution is 2.36. The Bertz CT molecular complexity index is 1170. The number of imide groups is 1. The van der Waals surface area contributed by atoms with Crippen molar-refractivity contribution in [2.75, 3.05) is 6.54 Å². The number of rotatable bonds is 3. The second-order valence-electron chi connectivity index (χ2n) is 9.41. The average Bonchev–Trinajstić information content (AvgIpc) is 3.13. The Morgan fingerprint density at radius 3 is 2.58 bits per heavy atom. The summed E-state index contributed by atoms with van der Waals surface area (Å²) in [6, 6.07) is 12.8. The molecule has 0 aromatic heterocycles. The molecule has 0 spiro atoms. The minimum Gasteiger partial charge on any atom is -0.331 e. The molecule has 170 valence electrons. The number of carbonyl (C=O) groups is 4. The first-order valence-corrected chi connectivity index (χ1v) is 11.5. The van der Waals surface area contributed by atoms with Crippen LogP contribution >= 0.6 is 0 Å². The van der Waals surface area contributed by atoms with E-state index in [9.17, 15) is 19.2 Å². The summed E-state index contributed by atoms with van der Waals surface area (Å²) in [5.74, 6) is -0.760. The number of nitrogens with zero attached hydrogens (tertiary/aromatic N) is 2. The third-order valence-corrected chi connectivity index (χ3v) is 6.99. The number of hydrogen-bond donors (Lipinski definition) is 1. The summed E-state index contributed by atoms with van der Waals surface area (Å²) in [6.45, 7) is 5.17. The maximum Gasteiger partial charge on any atom is 0.255 e. The van der Waals surface area contributed by atoms with Gasteiger partial charge >= 0.3 is 0 Å². The largest absolute Gasteiger partial charge is 0.331 e. The molecule has 4 amide bonds. The zero-order chi connectivity index (χ0) is 23.3. The molecule has 2 atom stereocenters. The normalized spacial score (nSPS) is 22.3. The Kier molecular flexibility index (Phi) is 5.27. The van der Waals surface area contributed by atoms with Gasteiger partial charge in [-0.3, -0.25) is 24.5 Å². The van der Waals surface area contributed by atoms with Gasteiger partial charge in [0.1, 0.15) is 6.04 Å². The monoisotopic (exact) mass is 445 g/mol. The van der Waals surface area contributed by atoms with Gasteiger partial charge in [0, 0.05) is 30.6 Å². The molecule has 33 heavy (non-hydrogen) atoms. The zero-order valence-electron chi connectivity index (χ0n) is 18.8. The Hall–Kier alpha value is -3.48. The van der Waals surface area contributed by atoms with Crippen LogP contribution < -0.4 is 5.32 Å². The highest BCUT2D eigenvalue weighted by atomic mass is 16.2. The molecule has 7 nitrogen and oxygen atoms in total. The number of benzene rings is 2. The Balaban J connectivity index is 1.41. The second-order valence-corrected chi connectivity index (χ2v) is 9.41. The highest BCUT2D eigenvalue weighted by molar-refractivity contribution is 6.06. The summed E-state index contributed by atoms with van der Waals surface area (Å²) < 4.78 is 0. The summed E-state index contributed by atoms with van der Waals surface area (Å²) >= 11 is 0. The van der Waals surface area contributed by atoms with Crippen molar-refractivity contribution in [3.8, 4) is 0 Å². The lowest BCUT2D eigenvalue weighted by molar-refractivity contribution is -0.136. The van der Waals surface area contributed by atoms with E-state index in [1.165, 1.54) is 16.0 Å². The summed E-state index contributed by atoms with van der Waals surface area (Å²) in [4.78, 5) is 53.8. The van der Waals surface area contributed by atoms with Crippen LogP contribution in [0, 0.1) is 5.92 Å². The van der Waals surface area contributed by atoms with Gasteiger partial charge in [0.2, 0.25) is 11.8 Å². The SMILES string of the molecule is CC(C)[C@@H]1c2ccccc2CCN1C(=O)c1ccc2c(c1)CN(C1CCC(=O)NC1=O)C2=O. The van der Waals surface area contributed by atoms with E-state index in [2.05, 4.69) is 31.3 Å². The lowest BCUT2D eigenvalue weighted by atomic mass is 9.86. The smallest absolute Gasteiger partial charge is 0.255 e. The third kappa shape index (κ3) is 3.61. The number of hydrogen-bond acceptors (Lipinski definition) is 4. The van der Waals surface area contributed by atoms with Crippen LogP contribution in [0.1, 0.15) is 70.1 Å². The molecule has 3 heterocycles. The van der Waals surface area contributed by atoms with Gasteiger partial charge in [-0.05, 0) is 53.6 Å². The summed E-state index contributed by atoms with van der Waals surface area (Å²) in [5, 5.41) is 2.32. The van der Waals surface area contributed by atoms with Crippen LogP contribution in [0.25, 0.3) is 0 Å². The standard InChI is InChI=1S/C26H27N3O4/c1-15(2)23-19-6-4-3-5-16(19)11-12-28(23)25(32)17-7-8-20-18(13-17)14-29(26(20)33)21-9-10-22(30)27-24(21)31/h3-8,13,15,21,23H,9-12,14H2,1-2H3,(H,27,30,31)/t21?,23-/m1/s1. The molecular formula is C26H27N3O4. The van der Waals surface area contributed by atoms with Gasteiger partial charge < -0.3 is 9.80 Å². The van der Waals surface area contributed by atoms with Crippen molar-refractivity contribution in [3.63, 3.8) is 0 Å². The molecule has 0 bridgehead atoms. The van der Waals surface area contributed by atoms with Gasteiger partial charge in [0.05, 0.1) is 6.04 Å². The highest BCUT2D eigenvalue weighted by Gasteiger charge is 2.40. The van der Waals surface area contributed by atoms with Crippen molar-refractivity contribution < 1.29 is 19.2 Å². The maximum atomic E-state index is 13.6. The zero-order valence-corrected chi connectivity index (χ0v) is 18.8. The first-order chi connectivity index (χ1) is 15.8. The van der Waals surface area contributed by atoms with Gasteiger partial charge in [0.15, 0.2) is 0 Å². The molecular weight excluding hydrogens is 418 g/mol. The number of fused-ring (bicyclic) bond motifs is 2. The first kappa shape index (κ1) is 21.4. The lowest BCUT2D eigenvalue weighted by Gasteiger charge is -2.40. The predicted molar refractivity (Wildman–Crippen MR) is 121 cm³/mol. The minimum atomic E-state index is -0.661. The Morgan fingerprint density at radius 2 is 1.82 bits per heavy atom. The molecule has 1 unspecified atom stereocenters. The molecule has 3 aliphatic heterocycles. The van der Waals surface area contributed by atoms with E-state index in [1.807, 2.05) is 17.0 Å². The summed E-state index contributed by atoms with van der Waals surface area (Å²) in [7, 11) is 0. The molecule has 1 saturated heterocycles. The van der Waals surface area contributed by atoms with Gasteiger partial charge in [0.25, 0.3) is 11.8 Å². The minimum absolute atomic E-state index is 0.00249. The van der Waals surface area contributed by atoms with E-state index in [0.29, 0.717) is 24.1 Å². The fourth-order valence-electron chi connectivity index (χ4n) is 5.42. The van der Waals surface area contributed by atoms with Crippen molar-refractivity contribution in [2.45, 2.75) is 51.7 Å². The van der Waals surface area contributed by atoms with E-state index in [1.54, 1.807) is 18.2 Å². The van der Waals surface area contributed by atoms with Crippen LogP contribution in [-0.2, 0) is 22.6 Å². The molecule has 1 fully saturated rings. The topological polar surface area (TPSA) is 86.8 Å². The van der Waals surface area contributed by atoms with E-state index in [0.717, 1.165) is 12.0 Å². The number of piperidine rings is 1. The Labute approximate surface area is 192 Å². The second kappa shape index (κ2) is 8.14. The third-order valence-electron chi connectivity index (χ3n) is 6.99. The van der Waals surface area contributed by atoms with Crippen molar-refractivity contribution in [3.05, 3.63) is 70.3 Å². The van der Waals surface area contributed by atoms with Crippen molar-refractivity contribution >= 4 is 23.6 Å².